The zero-order valence-corrected chi connectivity index (χ0v) is 10.5. The fraction of sp³-hybridized carbons (Fsp3) is 0.600. The summed E-state index contributed by atoms with van der Waals surface area (Å²) < 4.78 is 5.55. The van der Waals surface area contributed by atoms with Gasteiger partial charge in [0.25, 0.3) is 0 Å². The van der Waals surface area contributed by atoms with Gasteiger partial charge >= 0.3 is 0 Å². The fourth-order valence-corrected chi connectivity index (χ4v) is 3.56. The average molecular weight is 231 g/mol. The molecule has 3 rings (SSSR count). The lowest BCUT2D eigenvalue weighted by atomic mass is 9.84. The molecule has 1 aromatic rings. The second-order valence-electron chi connectivity index (χ2n) is 5.28. The van der Waals surface area contributed by atoms with Gasteiger partial charge in [0.1, 0.15) is 0 Å². The number of likely N-dealkylation sites (N-methyl/N-ethyl adjacent to an activating group) is 1. The van der Waals surface area contributed by atoms with E-state index in [0.717, 1.165) is 13.2 Å². The highest BCUT2D eigenvalue weighted by atomic mass is 16.5. The summed E-state index contributed by atoms with van der Waals surface area (Å²) >= 11 is 0. The van der Waals surface area contributed by atoms with E-state index in [4.69, 9.17) is 4.74 Å². The molecule has 0 aromatic heterocycles. The zero-order valence-electron chi connectivity index (χ0n) is 10.5. The first kappa shape index (κ1) is 11.2. The van der Waals surface area contributed by atoms with Crippen LogP contribution in [0.15, 0.2) is 24.3 Å². The Balaban J connectivity index is 1.84. The molecule has 1 heterocycles. The van der Waals surface area contributed by atoms with Gasteiger partial charge < -0.3 is 10.1 Å². The summed E-state index contributed by atoms with van der Waals surface area (Å²) in [5.41, 5.74) is 3.12. The second-order valence-corrected chi connectivity index (χ2v) is 5.28. The fourth-order valence-electron chi connectivity index (χ4n) is 3.56. The number of fused-ring (bicyclic) bond motifs is 1. The number of nitrogens with one attached hydrogen (secondary N) is 1. The van der Waals surface area contributed by atoms with E-state index < -0.39 is 0 Å². The van der Waals surface area contributed by atoms with Crippen LogP contribution in [0.3, 0.4) is 0 Å². The highest BCUT2D eigenvalue weighted by molar-refractivity contribution is 5.36. The second kappa shape index (κ2) is 4.79. The number of rotatable bonds is 3. The van der Waals surface area contributed by atoms with Crippen LogP contribution in [-0.2, 0) is 11.2 Å². The van der Waals surface area contributed by atoms with Crippen LogP contribution in [0.25, 0.3) is 0 Å². The van der Waals surface area contributed by atoms with Gasteiger partial charge in [0.2, 0.25) is 0 Å². The first-order chi connectivity index (χ1) is 8.40. The van der Waals surface area contributed by atoms with E-state index in [-0.39, 0.29) is 0 Å². The van der Waals surface area contributed by atoms with Crippen molar-refractivity contribution in [1.29, 1.82) is 0 Å². The van der Waals surface area contributed by atoms with Crippen molar-refractivity contribution in [3.05, 3.63) is 35.4 Å². The number of ether oxygens (including phenoxy) is 1. The molecule has 1 aliphatic carbocycles. The van der Waals surface area contributed by atoms with Crippen molar-refractivity contribution in [1.82, 2.24) is 5.32 Å². The third-order valence-electron chi connectivity index (χ3n) is 4.42. The van der Waals surface area contributed by atoms with Crippen LogP contribution in [0.4, 0.5) is 0 Å². The van der Waals surface area contributed by atoms with Crippen LogP contribution in [0, 0.1) is 5.92 Å². The standard InChI is InChI=1S/C15H21NO/c1-16-15(12-8-9-17-10-12)14-7-6-11-4-2-3-5-13(11)14/h2-5,12,14-16H,6-10H2,1H3. The Morgan fingerprint density at radius 3 is 2.94 bits per heavy atom. The molecule has 0 spiro atoms. The molecule has 0 bridgehead atoms. The number of hydrogen-bond acceptors (Lipinski definition) is 2. The quantitative estimate of drug-likeness (QED) is 0.862. The summed E-state index contributed by atoms with van der Waals surface area (Å²) in [5, 5.41) is 3.55. The monoisotopic (exact) mass is 231 g/mol. The van der Waals surface area contributed by atoms with Crippen molar-refractivity contribution in [2.45, 2.75) is 31.2 Å². The van der Waals surface area contributed by atoms with Crippen molar-refractivity contribution in [3.8, 4) is 0 Å². The largest absolute Gasteiger partial charge is 0.381 e. The van der Waals surface area contributed by atoms with Crippen LogP contribution in [0.5, 0.6) is 0 Å². The maximum atomic E-state index is 5.55. The maximum Gasteiger partial charge on any atom is 0.0510 e. The van der Waals surface area contributed by atoms with Gasteiger partial charge in [0.05, 0.1) is 6.61 Å². The Hall–Kier alpha value is -0.860. The predicted octanol–water partition coefficient (Wildman–Crippen LogP) is 2.34. The van der Waals surface area contributed by atoms with Gasteiger partial charge in [-0.3, -0.25) is 0 Å². The summed E-state index contributed by atoms with van der Waals surface area (Å²) in [7, 11) is 2.10. The molecular weight excluding hydrogens is 210 g/mol. The summed E-state index contributed by atoms with van der Waals surface area (Å²) in [5.74, 6) is 1.37. The predicted molar refractivity (Wildman–Crippen MR) is 69.3 cm³/mol. The minimum Gasteiger partial charge on any atom is -0.381 e. The molecule has 0 saturated carbocycles. The van der Waals surface area contributed by atoms with Gasteiger partial charge in [-0.1, -0.05) is 24.3 Å². The highest BCUT2D eigenvalue weighted by Crippen LogP contribution is 2.38. The third kappa shape index (κ3) is 2.00. The van der Waals surface area contributed by atoms with E-state index in [0.29, 0.717) is 17.9 Å². The molecule has 1 aromatic carbocycles. The summed E-state index contributed by atoms with van der Waals surface area (Å²) in [6, 6.07) is 9.52. The number of hydrogen-bond donors (Lipinski definition) is 1. The van der Waals surface area contributed by atoms with Crippen molar-refractivity contribution in [2.75, 3.05) is 20.3 Å². The van der Waals surface area contributed by atoms with Crippen LogP contribution in [-0.4, -0.2) is 26.3 Å². The van der Waals surface area contributed by atoms with Gasteiger partial charge in [-0.25, -0.2) is 0 Å². The molecule has 1 aliphatic heterocycles. The summed E-state index contributed by atoms with van der Waals surface area (Å²) in [6.07, 6.45) is 3.75. The molecular formula is C15H21NO. The topological polar surface area (TPSA) is 21.3 Å². The Kier molecular flexibility index (Phi) is 3.17. The van der Waals surface area contributed by atoms with Crippen LogP contribution in [0.1, 0.15) is 29.9 Å². The molecule has 0 radical (unpaired) electrons. The van der Waals surface area contributed by atoms with Crippen molar-refractivity contribution >= 4 is 0 Å². The minimum absolute atomic E-state index is 0.584. The molecule has 2 nitrogen and oxygen atoms in total. The molecule has 1 N–H and O–H groups in total. The molecule has 2 aliphatic rings. The molecule has 1 fully saturated rings. The van der Waals surface area contributed by atoms with Gasteiger partial charge in [0, 0.05) is 24.5 Å². The molecule has 3 atom stereocenters. The zero-order chi connectivity index (χ0) is 11.7. The lowest BCUT2D eigenvalue weighted by Crippen LogP contribution is -2.38. The van der Waals surface area contributed by atoms with Crippen LogP contribution >= 0.6 is 0 Å². The number of benzene rings is 1. The Bertz CT molecular complexity index is 384. The van der Waals surface area contributed by atoms with Crippen LogP contribution < -0.4 is 5.32 Å². The molecule has 17 heavy (non-hydrogen) atoms. The minimum atomic E-state index is 0.584. The smallest absolute Gasteiger partial charge is 0.0510 e. The van der Waals surface area contributed by atoms with E-state index in [1.165, 1.54) is 19.3 Å². The van der Waals surface area contributed by atoms with Crippen molar-refractivity contribution in [2.24, 2.45) is 5.92 Å². The summed E-state index contributed by atoms with van der Waals surface area (Å²) in [4.78, 5) is 0. The van der Waals surface area contributed by atoms with Crippen molar-refractivity contribution in [3.63, 3.8) is 0 Å². The highest BCUT2D eigenvalue weighted by Gasteiger charge is 2.35. The average Bonchev–Trinajstić information content (AvgIpc) is 3.01. The van der Waals surface area contributed by atoms with Gasteiger partial charge in [-0.15, -0.1) is 0 Å². The first-order valence-electron chi connectivity index (χ1n) is 6.73. The Labute approximate surface area is 103 Å². The van der Waals surface area contributed by atoms with Crippen LogP contribution in [0.2, 0.25) is 0 Å². The van der Waals surface area contributed by atoms with Gasteiger partial charge in [-0.05, 0) is 37.4 Å². The Morgan fingerprint density at radius 1 is 1.29 bits per heavy atom. The molecule has 92 valence electrons. The molecule has 1 saturated heterocycles. The molecule has 3 unspecified atom stereocenters. The van der Waals surface area contributed by atoms with E-state index in [9.17, 15) is 0 Å². The number of aryl methyl sites for hydroxylation is 1. The van der Waals surface area contributed by atoms with E-state index in [1.807, 2.05) is 0 Å². The van der Waals surface area contributed by atoms with E-state index in [2.05, 4.69) is 36.6 Å². The van der Waals surface area contributed by atoms with E-state index >= 15 is 0 Å². The van der Waals surface area contributed by atoms with Crippen molar-refractivity contribution < 1.29 is 4.74 Å². The lowest BCUT2D eigenvalue weighted by molar-refractivity contribution is 0.173. The van der Waals surface area contributed by atoms with Gasteiger partial charge in [-0.2, -0.15) is 0 Å². The lowest BCUT2D eigenvalue weighted by Gasteiger charge is -2.28. The third-order valence-corrected chi connectivity index (χ3v) is 4.42. The summed E-state index contributed by atoms with van der Waals surface area (Å²) in [6.45, 7) is 1.88. The molecule has 2 heteroatoms. The molecule has 0 amide bonds. The SMILES string of the molecule is CNC(C1CCOC1)C1CCc2ccccc21. The normalized spacial score (nSPS) is 29.2. The van der Waals surface area contributed by atoms with E-state index in [1.54, 1.807) is 11.1 Å². The Morgan fingerprint density at radius 2 is 2.18 bits per heavy atom. The van der Waals surface area contributed by atoms with Gasteiger partial charge in [0.15, 0.2) is 0 Å². The maximum absolute atomic E-state index is 5.55. The first-order valence-corrected chi connectivity index (χ1v) is 6.73.